The minimum atomic E-state index is -4.58. The minimum absolute atomic E-state index is 0.0517. The van der Waals surface area contributed by atoms with E-state index in [0.717, 1.165) is 12.3 Å². The zero-order chi connectivity index (χ0) is 28.0. The summed E-state index contributed by atoms with van der Waals surface area (Å²) in [7, 11) is -3.30. The van der Waals surface area contributed by atoms with Crippen LogP contribution in [0.15, 0.2) is 70.7 Å². The molecule has 0 radical (unpaired) electrons. The van der Waals surface area contributed by atoms with Crippen molar-refractivity contribution >= 4 is 50.8 Å². The zero-order valence-electron chi connectivity index (χ0n) is 19.9. The molecule has 15 heteroatoms. The quantitative estimate of drug-likeness (QED) is 0.221. The molecular weight excluding hydrogens is 542 g/mol. The number of sulfonamides is 1. The van der Waals surface area contributed by atoms with E-state index in [1.807, 2.05) is 0 Å². The highest BCUT2D eigenvalue weighted by atomic mass is 35.5. The highest BCUT2D eigenvalue weighted by Crippen LogP contribution is 2.35. The molecule has 198 valence electrons. The van der Waals surface area contributed by atoms with Gasteiger partial charge in [-0.1, -0.05) is 29.8 Å². The number of nitro benzene ring substituents is 2. The van der Waals surface area contributed by atoms with Gasteiger partial charge in [-0.3, -0.25) is 29.3 Å². The predicted molar refractivity (Wildman–Crippen MR) is 139 cm³/mol. The van der Waals surface area contributed by atoms with Crippen molar-refractivity contribution in [2.75, 3.05) is 18.0 Å². The molecule has 0 bridgehead atoms. The van der Waals surface area contributed by atoms with E-state index in [2.05, 4.69) is 10.5 Å². The van der Waals surface area contributed by atoms with Crippen LogP contribution in [0.3, 0.4) is 0 Å². The summed E-state index contributed by atoms with van der Waals surface area (Å²) in [6, 6.07) is 13.1. The van der Waals surface area contributed by atoms with Gasteiger partial charge in [0, 0.05) is 22.7 Å². The highest BCUT2D eigenvalue weighted by molar-refractivity contribution is 7.92. The molecule has 13 nitrogen and oxygen atoms in total. The average Bonchev–Trinajstić information content (AvgIpc) is 2.87. The van der Waals surface area contributed by atoms with Crippen LogP contribution < -0.4 is 14.5 Å². The molecule has 3 aromatic rings. The molecule has 0 unspecified atom stereocenters. The summed E-state index contributed by atoms with van der Waals surface area (Å²) >= 11 is 6.08. The molecule has 0 spiro atoms. The number of nitrogens with one attached hydrogen (secondary N) is 1. The van der Waals surface area contributed by atoms with Crippen molar-refractivity contribution in [1.82, 2.24) is 5.43 Å². The molecule has 0 aliphatic carbocycles. The number of ether oxygens (including phenoxy) is 1. The fourth-order valence-electron chi connectivity index (χ4n) is 3.33. The van der Waals surface area contributed by atoms with Crippen LogP contribution in [0.4, 0.5) is 17.1 Å². The number of carbonyl (C=O) groups is 1. The summed E-state index contributed by atoms with van der Waals surface area (Å²) in [5, 5.41) is 26.4. The maximum atomic E-state index is 13.7. The molecule has 0 aliphatic heterocycles. The fraction of sp³-hybridized carbons (Fsp3) is 0.130. The Morgan fingerprint density at radius 1 is 1.08 bits per heavy atom. The molecule has 0 aliphatic rings. The van der Waals surface area contributed by atoms with Gasteiger partial charge in [-0.15, -0.1) is 0 Å². The molecule has 0 atom stereocenters. The third-order valence-corrected chi connectivity index (χ3v) is 7.18. The standard InChI is InChI=1S/C23H20ClN5O8S/c1-15-7-9-18(12-20(15)29(33)34)38(35,36)27(21-11-17(24)8-10-22(21)37-2)14-23(30)26-25-13-16-5-3-4-6-19(16)28(31)32/h3-13H,14H2,1-2H3,(H,26,30)/b25-13-. The van der Waals surface area contributed by atoms with E-state index in [0.29, 0.717) is 4.31 Å². The second-order valence-electron chi connectivity index (χ2n) is 7.64. The maximum Gasteiger partial charge on any atom is 0.278 e. The van der Waals surface area contributed by atoms with Gasteiger partial charge in [-0.2, -0.15) is 5.10 Å². The lowest BCUT2D eigenvalue weighted by atomic mass is 10.2. The number of nitrogens with zero attached hydrogens (tertiary/aromatic N) is 4. The van der Waals surface area contributed by atoms with E-state index >= 15 is 0 Å². The smallest absolute Gasteiger partial charge is 0.278 e. The first-order valence-electron chi connectivity index (χ1n) is 10.6. The molecule has 38 heavy (non-hydrogen) atoms. The monoisotopic (exact) mass is 561 g/mol. The van der Waals surface area contributed by atoms with Gasteiger partial charge >= 0.3 is 0 Å². The van der Waals surface area contributed by atoms with Gasteiger partial charge in [0.15, 0.2) is 0 Å². The molecule has 0 saturated carbocycles. The van der Waals surface area contributed by atoms with E-state index in [1.54, 1.807) is 0 Å². The third kappa shape index (κ3) is 6.22. The van der Waals surface area contributed by atoms with Gasteiger partial charge in [0.25, 0.3) is 27.3 Å². The maximum absolute atomic E-state index is 13.7. The van der Waals surface area contributed by atoms with Crippen molar-refractivity contribution in [1.29, 1.82) is 0 Å². The first-order valence-corrected chi connectivity index (χ1v) is 12.4. The number of rotatable bonds is 10. The topological polar surface area (TPSA) is 174 Å². The number of hydrogen-bond donors (Lipinski definition) is 1. The molecular formula is C23H20ClN5O8S. The number of para-hydroxylation sites is 1. The molecule has 1 amide bonds. The molecule has 0 fully saturated rings. The first-order chi connectivity index (χ1) is 17.9. The van der Waals surface area contributed by atoms with Crippen molar-refractivity contribution in [3.05, 3.63) is 97.0 Å². The number of nitro groups is 2. The van der Waals surface area contributed by atoms with Gasteiger partial charge in [0.05, 0.1) is 39.3 Å². The van der Waals surface area contributed by atoms with Gasteiger partial charge in [-0.25, -0.2) is 13.8 Å². The largest absolute Gasteiger partial charge is 0.495 e. The predicted octanol–water partition coefficient (Wildman–Crippen LogP) is 3.82. The first kappa shape index (κ1) is 28.0. The summed E-state index contributed by atoms with van der Waals surface area (Å²) in [6.07, 6.45) is 1.04. The molecule has 1 N–H and O–H groups in total. The SMILES string of the molecule is COc1ccc(Cl)cc1N(CC(=O)N/N=C\c1ccccc1[N+](=O)[O-])S(=O)(=O)c1ccc(C)c([N+](=O)[O-])c1. The van der Waals surface area contributed by atoms with Crippen LogP contribution in [0.25, 0.3) is 0 Å². The number of amides is 1. The summed E-state index contributed by atoms with van der Waals surface area (Å²) in [6.45, 7) is 0.615. The van der Waals surface area contributed by atoms with E-state index in [4.69, 9.17) is 16.3 Å². The Hall–Kier alpha value is -4.56. The summed E-state index contributed by atoms with van der Waals surface area (Å²) < 4.78 is 33.2. The Kier molecular flexibility index (Phi) is 8.60. The number of hydrazone groups is 1. The number of methoxy groups -OCH3 is 1. The van der Waals surface area contributed by atoms with Crippen molar-refractivity contribution in [2.24, 2.45) is 5.10 Å². The lowest BCUT2D eigenvalue weighted by Crippen LogP contribution is -2.39. The summed E-state index contributed by atoms with van der Waals surface area (Å²) in [5.41, 5.74) is 1.68. The van der Waals surface area contributed by atoms with Crippen molar-refractivity contribution in [2.45, 2.75) is 11.8 Å². The molecule has 3 aromatic carbocycles. The number of benzene rings is 3. The summed E-state index contributed by atoms with van der Waals surface area (Å²) in [4.78, 5) is 33.6. The van der Waals surface area contributed by atoms with Crippen molar-refractivity contribution in [3.63, 3.8) is 0 Å². The Bertz CT molecular complexity index is 1540. The fourth-order valence-corrected chi connectivity index (χ4v) is 4.94. The van der Waals surface area contributed by atoms with E-state index in [-0.39, 0.29) is 33.3 Å². The van der Waals surface area contributed by atoms with Crippen LogP contribution in [0, 0.1) is 27.2 Å². The van der Waals surface area contributed by atoms with Crippen LogP contribution in [-0.4, -0.2) is 44.0 Å². The van der Waals surface area contributed by atoms with Crippen LogP contribution in [0.1, 0.15) is 11.1 Å². The number of aryl methyl sites for hydroxylation is 1. The zero-order valence-corrected chi connectivity index (χ0v) is 21.5. The molecule has 0 heterocycles. The lowest BCUT2D eigenvalue weighted by molar-refractivity contribution is -0.385. The number of halogens is 1. The van der Waals surface area contributed by atoms with Gasteiger partial charge in [0.1, 0.15) is 12.3 Å². The second kappa shape index (κ2) is 11.7. The van der Waals surface area contributed by atoms with Crippen molar-refractivity contribution < 1.29 is 27.8 Å². The Labute approximate surface area is 221 Å². The molecule has 0 aromatic heterocycles. The minimum Gasteiger partial charge on any atom is -0.495 e. The van der Waals surface area contributed by atoms with Gasteiger partial charge in [-0.05, 0) is 37.3 Å². The normalized spacial score (nSPS) is 11.2. The molecule has 3 rings (SSSR count). The highest BCUT2D eigenvalue weighted by Gasteiger charge is 2.31. The third-order valence-electron chi connectivity index (χ3n) is 5.19. The van der Waals surface area contributed by atoms with E-state index < -0.39 is 42.9 Å². The van der Waals surface area contributed by atoms with E-state index in [9.17, 15) is 33.4 Å². The van der Waals surface area contributed by atoms with Crippen LogP contribution >= 0.6 is 11.6 Å². The van der Waals surface area contributed by atoms with Crippen LogP contribution in [0.5, 0.6) is 5.75 Å². The molecule has 0 saturated heterocycles. The number of carbonyl (C=O) groups excluding carboxylic acids is 1. The second-order valence-corrected chi connectivity index (χ2v) is 9.94. The average molecular weight is 562 g/mol. The summed E-state index contributed by atoms with van der Waals surface area (Å²) in [5.74, 6) is -0.872. The van der Waals surface area contributed by atoms with Gasteiger partial charge < -0.3 is 4.74 Å². The number of anilines is 1. The van der Waals surface area contributed by atoms with Gasteiger partial charge in [0.2, 0.25) is 0 Å². The Balaban J connectivity index is 2.00. The Morgan fingerprint density at radius 2 is 1.76 bits per heavy atom. The number of hydrogen-bond acceptors (Lipinski definition) is 9. The lowest BCUT2D eigenvalue weighted by Gasteiger charge is -2.25. The van der Waals surface area contributed by atoms with Crippen molar-refractivity contribution in [3.8, 4) is 5.75 Å². The van der Waals surface area contributed by atoms with Crippen LogP contribution in [0.2, 0.25) is 5.02 Å². The Morgan fingerprint density at radius 3 is 2.42 bits per heavy atom. The van der Waals surface area contributed by atoms with Crippen LogP contribution in [-0.2, 0) is 14.8 Å². The van der Waals surface area contributed by atoms with E-state index in [1.165, 1.54) is 68.6 Å².